The Morgan fingerprint density at radius 2 is 1.70 bits per heavy atom. The number of hydrogen-bond donors (Lipinski definition) is 0. The number of benzene rings is 1. The van der Waals surface area contributed by atoms with E-state index in [0.717, 1.165) is 18.3 Å². The van der Waals surface area contributed by atoms with Gasteiger partial charge in [0.25, 0.3) is 0 Å². The maximum absolute atomic E-state index is 8.46. The minimum absolute atomic E-state index is 0.772. The molecule has 1 aromatic rings. The summed E-state index contributed by atoms with van der Waals surface area (Å²) in [5.41, 5.74) is 3.07. The van der Waals surface area contributed by atoms with E-state index in [2.05, 4.69) is 37.3 Å². The molecule has 0 aliphatic heterocycles. The van der Waals surface area contributed by atoms with E-state index in [1.54, 1.807) is 5.56 Å². The monoisotopic (exact) mass is 363 g/mol. The number of aryl methyl sites for hydroxylation is 1. The minimum Gasteiger partial charge on any atom is -0.193 e. The molecule has 0 spiro atoms. The van der Waals surface area contributed by atoms with Crippen LogP contribution in [0.4, 0.5) is 0 Å². The molecule has 1 aromatic carbocycles. The molecule has 1 heteroatoms. The van der Waals surface area contributed by atoms with E-state index in [-0.39, 0.29) is 0 Å². The van der Waals surface area contributed by atoms with Crippen LogP contribution in [0.15, 0.2) is 48.6 Å². The third kappa shape index (κ3) is 8.61. The SMILES string of the molecule is CCCCCCCc1ccc(C2CCC(CCC=CC=CC#N)CC2)cc1. The molecular formula is C26H37N. The van der Waals surface area contributed by atoms with Crippen LogP contribution in [0.1, 0.15) is 94.6 Å². The Bertz CT molecular complexity index is 594. The van der Waals surface area contributed by atoms with Gasteiger partial charge >= 0.3 is 0 Å². The second kappa shape index (κ2) is 13.4. The number of hydrogen-bond acceptors (Lipinski definition) is 1. The molecule has 0 amide bonds. The first-order valence-corrected chi connectivity index (χ1v) is 11.1. The largest absolute Gasteiger partial charge is 0.193 e. The lowest BCUT2D eigenvalue weighted by Crippen LogP contribution is -2.13. The van der Waals surface area contributed by atoms with Gasteiger partial charge in [-0.15, -0.1) is 0 Å². The van der Waals surface area contributed by atoms with Gasteiger partial charge < -0.3 is 0 Å². The van der Waals surface area contributed by atoms with Crippen molar-refractivity contribution in [3.63, 3.8) is 0 Å². The van der Waals surface area contributed by atoms with Crippen molar-refractivity contribution in [2.24, 2.45) is 5.92 Å². The molecular weight excluding hydrogens is 326 g/mol. The van der Waals surface area contributed by atoms with Crippen LogP contribution in [0.3, 0.4) is 0 Å². The highest BCUT2D eigenvalue weighted by Gasteiger charge is 2.21. The van der Waals surface area contributed by atoms with Gasteiger partial charge in [-0.2, -0.15) is 5.26 Å². The average Bonchev–Trinajstić information content (AvgIpc) is 2.71. The van der Waals surface area contributed by atoms with E-state index >= 15 is 0 Å². The molecule has 2 rings (SSSR count). The van der Waals surface area contributed by atoms with Gasteiger partial charge in [-0.3, -0.25) is 0 Å². The first-order chi connectivity index (χ1) is 13.3. The zero-order chi connectivity index (χ0) is 19.2. The van der Waals surface area contributed by atoms with Crippen molar-refractivity contribution in [2.75, 3.05) is 0 Å². The van der Waals surface area contributed by atoms with Crippen molar-refractivity contribution in [2.45, 2.75) is 89.9 Å². The highest BCUT2D eigenvalue weighted by atomic mass is 14.3. The van der Waals surface area contributed by atoms with E-state index in [1.807, 2.05) is 18.2 Å². The van der Waals surface area contributed by atoms with Gasteiger partial charge in [0.2, 0.25) is 0 Å². The van der Waals surface area contributed by atoms with Gasteiger partial charge in [0.1, 0.15) is 0 Å². The summed E-state index contributed by atoms with van der Waals surface area (Å²) in [6, 6.07) is 11.6. The summed E-state index contributed by atoms with van der Waals surface area (Å²) >= 11 is 0. The average molecular weight is 364 g/mol. The lowest BCUT2D eigenvalue weighted by atomic mass is 9.77. The van der Waals surface area contributed by atoms with E-state index in [1.165, 1.54) is 82.3 Å². The zero-order valence-electron chi connectivity index (χ0n) is 17.2. The van der Waals surface area contributed by atoms with Gasteiger partial charge in [0.15, 0.2) is 0 Å². The molecule has 0 heterocycles. The molecule has 0 atom stereocenters. The first-order valence-electron chi connectivity index (χ1n) is 11.1. The number of unbranched alkanes of at least 4 members (excludes halogenated alkanes) is 4. The summed E-state index contributed by atoms with van der Waals surface area (Å²) in [6.07, 6.45) is 23.5. The normalized spacial score (nSPS) is 20.3. The zero-order valence-corrected chi connectivity index (χ0v) is 17.2. The summed E-state index contributed by atoms with van der Waals surface area (Å²) in [4.78, 5) is 0. The van der Waals surface area contributed by atoms with Crippen molar-refractivity contribution in [3.05, 3.63) is 59.7 Å². The van der Waals surface area contributed by atoms with Crippen LogP contribution in [0.25, 0.3) is 0 Å². The molecule has 0 radical (unpaired) electrons. The Labute approximate surface area is 167 Å². The lowest BCUT2D eigenvalue weighted by molar-refractivity contribution is 0.312. The van der Waals surface area contributed by atoms with Crippen molar-refractivity contribution < 1.29 is 0 Å². The molecule has 1 aliphatic rings. The summed E-state index contributed by atoms with van der Waals surface area (Å²) < 4.78 is 0. The smallest absolute Gasteiger partial charge is 0.0912 e. The third-order valence-electron chi connectivity index (χ3n) is 6.03. The maximum Gasteiger partial charge on any atom is 0.0912 e. The van der Waals surface area contributed by atoms with Crippen molar-refractivity contribution in [1.29, 1.82) is 5.26 Å². The number of nitriles is 1. The summed E-state index contributed by atoms with van der Waals surface area (Å²) in [6.45, 7) is 2.28. The van der Waals surface area contributed by atoms with Crippen molar-refractivity contribution in [1.82, 2.24) is 0 Å². The van der Waals surface area contributed by atoms with Crippen molar-refractivity contribution >= 4 is 0 Å². The topological polar surface area (TPSA) is 23.8 Å². The molecule has 1 fully saturated rings. The van der Waals surface area contributed by atoms with Gasteiger partial charge in [-0.05, 0) is 74.3 Å². The van der Waals surface area contributed by atoms with E-state index in [0.29, 0.717) is 0 Å². The molecule has 1 aliphatic carbocycles. The van der Waals surface area contributed by atoms with Crippen LogP contribution in [0.2, 0.25) is 0 Å². The molecule has 1 nitrogen and oxygen atoms in total. The Balaban J connectivity index is 1.66. The van der Waals surface area contributed by atoms with E-state index in [4.69, 9.17) is 5.26 Å². The maximum atomic E-state index is 8.46. The van der Waals surface area contributed by atoms with Gasteiger partial charge in [0, 0.05) is 6.08 Å². The first kappa shape index (κ1) is 21.5. The molecule has 0 N–H and O–H groups in total. The van der Waals surface area contributed by atoms with E-state index in [9.17, 15) is 0 Å². The summed E-state index contributed by atoms with van der Waals surface area (Å²) in [5.74, 6) is 1.65. The van der Waals surface area contributed by atoms with Crippen LogP contribution < -0.4 is 0 Å². The Morgan fingerprint density at radius 1 is 0.963 bits per heavy atom. The fourth-order valence-electron chi connectivity index (χ4n) is 4.28. The highest BCUT2D eigenvalue weighted by molar-refractivity contribution is 5.26. The molecule has 146 valence electrons. The van der Waals surface area contributed by atoms with Crippen LogP contribution in [0.5, 0.6) is 0 Å². The van der Waals surface area contributed by atoms with E-state index < -0.39 is 0 Å². The summed E-state index contributed by atoms with van der Waals surface area (Å²) in [5, 5.41) is 8.46. The molecule has 27 heavy (non-hydrogen) atoms. The molecule has 0 unspecified atom stereocenters. The fourth-order valence-corrected chi connectivity index (χ4v) is 4.28. The number of allylic oxidation sites excluding steroid dienone is 4. The van der Waals surface area contributed by atoms with Crippen LogP contribution in [-0.4, -0.2) is 0 Å². The number of rotatable bonds is 11. The van der Waals surface area contributed by atoms with Crippen LogP contribution in [0, 0.1) is 17.2 Å². The minimum atomic E-state index is 0.772. The fraction of sp³-hybridized carbons (Fsp3) is 0.577. The van der Waals surface area contributed by atoms with Crippen LogP contribution in [-0.2, 0) is 6.42 Å². The quantitative estimate of drug-likeness (QED) is 0.223. The number of nitrogens with zero attached hydrogens (tertiary/aromatic N) is 1. The predicted octanol–water partition coefficient (Wildman–Crippen LogP) is 7.89. The van der Waals surface area contributed by atoms with Crippen molar-refractivity contribution in [3.8, 4) is 6.07 Å². The van der Waals surface area contributed by atoms with Gasteiger partial charge in [0.05, 0.1) is 6.07 Å². The third-order valence-corrected chi connectivity index (χ3v) is 6.03. The standard InChI is InChI=1S/C26H37N/c1-2-3-4-6-9-12-23-14-18-25(19-15-23)26-20-16-24(17-21-26)13-10-7-5-8-11-22-27/h5,7-8,11,14-15,18-19,24,26H,2-4,6,9-10,12-13,16-17,20-21H2,1H3. The van der Waals surface area contributed by atoms with Crippen LogP contribution >= 0.6 is 0 Å². The lowest BCUT2D eigenvalue weighted by Gasteiger charge is -2.28. The Kier molecular flexibility index (Phi) is 10.6. The second-order valence-corrected chi connectivity index (χ2v) is 8.12. The Hall–Kier alpha value is -1.81. The molecule has 0 bridgehead atoms. The predicted molar refractivity (Wildman–Crippen MR) is 117 cm³/mol. The highest BCUT2D eigenvalue weighted by Crippen LogP contribution is 2.37. The molecule has 0 aromatic heterocycles. The molecule has 1 saturated carbocycles. The van der Waals surface area contributed by atoms with Gasteiger partial charge in [-0.1, -0.05) is 75.1 Å². The molecule has 0 saturated heterocycles. The Morgan fingerprint density at radius 3 is 2.41 bits per heavy atom. The summed E-state index contributed by atoms with van der Waals surface area (Å²) in [7, 11) is 0. The second-order valence-electron chi connectivity index (χ2n) is 8.12. The van der Waals surface area contributed by atoms with Gasteiger partial charge in [-0.25, -0.2) is 0 Å².